The Labute approximate surface area is 185 Å². The highest BCUT2D eigenvalue weighted by Gasteiger charge is 2.50. The van der Waals surface area contributed by atoms with Gasteiger partial charge in [-0.15, -0.1) is 0 Å². The van der Waals surface area contributed by atoms with E-state index in [-0.39, 0.29) is 28.1 Å². The first kappa shape index (κ1) is 19.6. The van der Waals surface area contributed by atoms with Crippen molar-refractivity contribution in [3.63, 3.8) is 0 Å². The Morgan fingerprint density at radius 2 is 2.09 bits per heavy atom. The van der Waals surface area contributed by atoms with Crippen molar-refractivity contribution in [1.29, 1.82) is 0 Å². The zero-order valence-electron chi connectivity index (χ0n) is 17.4. The smallest absolute Gasteiger partial charge is 0.284 e. The van der Waals surface area contributed by atoms with E-state index in [0.717, 1.165) is 29.7 Å². The first-order valence-corrected chi connectivity index (χ1v) is 12.0. The van der Waals surface area contributed by atoms with Crippen LogP contribution in [0.25, 0.3) is 11.3 Å². The van der Waals surface area contributed by atoms with Crippen molar-refractivity contribution in [2.24, 2.45) is 0 Å². The molecule has 1 saturated heterocycles. The van der Waals surface area contributed by atoms with Crippen LogP contribution >= 0.6 is 0 Å². The monoisotopic (exact) mass is 454 g/mol. The summed E-state index contributed by atoms with van der Waals surface area (Å²) in [4.78, 5) is 6.09. The van der Waals surface area contributed by atoms with E-state index in [0.29, 0.717) is 25.3 Å². The zero-order chi connectivity index (χ0) is 22.1. The molecular formula is C22H22N4O5S. The Kier molecular flexibility index (Phi) is 4.09. The predicted octanol–water partition coefficient (Wildman–Crippen LogP) is 2.31. The number of fused-ring (bicyclic) bond motifs is 4. The minimum absolute atomic E-state index is 0.0102. The summed E-state index contributed by atoms with van der Waals surface area (Å²) < 4.78 is 39.5. The third-order valence-electron chi connectivity index (χ3n) is 6.65. The Bertz CT molecular complexity index is 1330. The number of benzene rings is 1. The zero-order valence-corrected chi connectivity index (χ0v) is 18.2. The van der Waals surface area contributed by atoms with Gasteiger partial charge < -0.3 is 19.3 Å². The lowest BCUT2D eigenvalue weighted by molar-refractivity contribution is 0.142. The second kappa shape index (κ2) is 6.69. The minimum atomic E-state index is -4.02. The molecule has 0 unspecified atom stereocenters. The van der Waals surface area contributed by atoms with Crippen LogP contribution in [0.5, 0.6) is 5.75 Å². The van der Waals surface area contributed by atoms with E-state index < -0.39 is 10.0 Å². The van der Waals surface area contributed by atoms with Gasteiger partial charge in [0.15, 0.2) is 17.3 Å². The molecule has 1 saturated carbocycles. The number of nitrogens with one attached hydrogen (secondary N) is 1. The maximum atomic E-state index is 13.0. The van der Waals surface area contributed by atoms with E-state index in [1.165, 1.54) is 18.9 Å². The molecule has 3 aromatic rings. The summed E-state index contributed by atoms with van der Waals surface area (Å²) in [6.45, 7) is 1.20. The van der Waals surface area contributed by atoms with Crippen LogP contribution in [0.3, 0.4) is 0 Å². The van der Waals surface area contributed by atoms with Crippen molar-refractivity contribution >= 4 is 21.5 Å². The van der Waals surface area contributed by atoms with E-state index in [9.17, 15) is 13.5 Å². The van der Waals surface area contributed by atoms with Crippen molar-refractivity contribution in [3.8, 4) is 17.1 Å². The second-order valence-corrected chi connectivity index (χ2v) is 10.3. The number of ether oxygens (including phenoxy) is 1. The van der Waals surface area contributed by atoms with Crippen LogP contribution in [0.2, 0.25) is 0 Å². The predicted molar refractivity (Wildman–Crippen MR) is 116 cm³/mol. The highest BCUT2D eigenvalue weighted by atomic mass is 32.2. The Hall–Kier alpha value is -3.11. The molecule has 9 nitrogen and oxygen atoms in total. The molecule has 3 heterocycles. The molecule has 2 aromatic heterocycles. The fourth-order valence-electron chi connectivity index (χ4n) is 4.75. The van der Waals surface area contributed by atoms with Gasteiger partial charge in [0.05, 0.1) is 13.2 Å². The number of rotatable bonds is 5. The topological polar surface area (TPSA) is 118 Å². The lowest BCUT2D eigenvalue weighted by atomic mass is 9.79. The molecule has 6 rings (SSSR count). The number of aliphatic hydroxyl groups is 1. The van der Waals surface area contributed by atoms with E-state index in [1.807, 2.05) is 0 Å². The molecule has 1 spiro atoms. The molecule has 0 radical (unpaired) electrons. The Balaban J connectivity index is 1.40. The summed E-state index contributed by atoms with van der Waals surface area (Å²) >= 11 is 0. The van der Waals surface area contributed by atoms with Crippen LogP contribution < -0.4 is 14.4 Å². The van der Waals surface area contributed by atoms with E-state index in [2.05, 4.69) is 38.0 Å². The highest BCUT2D eigenvalue weighted by molar-refractivity contribution is 7.92. The molecular weight excluding hydrogens is 432 g/mol. The van der Waals surface area contributed by atoms with E-state index in [4.69, 9.17) is 9.26 Å². The van der Waals surface area contributed by atoms with Gasteiger partial charge in [0.25, 0.3) is 10.0 Å². The van der Waals surface area contributed by atoms with Crippen molar-refractivity contribution < 1.29 is 22.8 Å². The number of nitrogens with zero attached hydrogens (tertiary/aromatic N) is 3. The summed E-state index contributed by atoms with van der Waals surface area (Å²) in [6, 6.07) is 9.44. The van der Waals surface area contributed by atoms with Gasteiger partial charge in [-0.3, -0.25) is 4.72 Å². The van der Waals surface area contributed by atoms with Crippen molar-refractivity contribution in [2.75, 3.05) is 29.8 Å². The van der Waals surface area contributed by atoms with Crippen LogP contribution in [0, 0.1) is 0 Å². The summed E-state index contributed by atoms with van der Waals surface area (Å²) in [5, 5.41) is 13.6. The summed E-state index contributed by atoms with van der Waals surface area (Å²) in [7, 11) is -2.62. The van der Waals surface area contributed by atoms with Gasteiger partial charge in [-0.2, -0.15) is 8.42 Å². The quantitative estimate of drug-likeness (QED) is 0.603. The van der Waals surface area contributed by atoms with E-state index >= 15 is 0 Å². The summed E-state index contributed by atoms with van der Waals surface area (Å²) in [5.41, 5.74) is 3.91. The van der Waals surface area contributed by atoms with Crippen molar-refractivity contribution in [3.05, 3.63) is 47.7 Å². The third kappa shape index (κ3) is 2.90. The molecule has 0 atom stereocenters. The van der Waals surface area contributed by atoms with Crippen LogP contribution in [0.15, 0.2) is 46.1 Å². The van der Waals surface area contributed by atoms with Gasteiger partial charge >= 0.3 is 0 Å². The van der Waals surface area contributed by atoms with Gasteiger partial charge in [-0.25, -0.2) is 4.98 Å². The van der Waals surface area contributed by atoms with Crippen molar-refractivity contribution in [2.45, 2.75) is 35.8 Å². The number of β-amino-alcohol motifs (C(OH)–C–C–N with tert-alkyl or cyclic N) is 1. The summed E-state index contributed by atoms with van der Waals surface area (Å²) in [5.74, 6) is 0.934. The SMILES string of the molecule is COc1cccnc1S(=O)(=O)Nc1noc2c1CC1(CC1)c1ccc(N3CC(O)C3)cc1-2. The first-order valence-electron chi connectivity index (χ1n) is 10.5. The molecule has 32 heavy (non-hydrogen) atoms. The molecule has 2 aliphatic carbocycles. The third-order valence-corrected chi connectivity index (χ3v) is 7.92. The van der Waals surface area contributed by atoms with Crippen LogP contribution in [-0.2, 0) is 21.9 Å². The summed E-state index contributed by atoms with van der Waals surface area (Å²) in [6.07, 6.45) is 3.84. The van der Waals surface area contributed by atoms with Crippen LogP contribution in [0.1, 0.15) is 24.0 Å². The molecule has 3 aliphatic rings. The van der Waals surface area contributed by atoms with E-state index in [1.54, 1.807) is 12.1 Å². The van der Waals surface area contributed by atoms with Gasteiger partial charge in [0.1, 0.15) is 0 Å². The fraction of sp³-hybridized carbons (Fsp3) is 0.364. The minimum Gasteiger partial charge on any atom is -0.494 e. The molecule has 0 amide bonds. The highest BCUT2D eigenvalue weighted by Crippen LogP contribution is 2.58. The number of methoxy groups -OCH3 is 1. The van der Waals surface area contributed by atoms with Crippen LogP contribution in [0.4, 0.5) is 11.5 Å². The normalized spacial score (nSPS) is 18.6. The molecule has 1 aliphatic heterocycles. The number of pyridine rings is 1. The van der Waals surface area contributed by atoms with Gasteiger partial charge in [0, 0.05) is 41.5 Å². The largest absolute Gasteiger partial charge is 0.494 e. The molecule has 0 bridgehead atoms. The molecule has 2 N–H and O–H groups in total. The average molecular weight is 455 g/mol. The van der Waals surface area contributed by atoms with Gasteiger partial charge in [-0.1, -0.05) is 11.2 Å². The van der Waals surface area contributed by atoms with Crippen LogP contribution in [-0.4, -0.2) is 50.0 Å². The second-order valence-electron chi connectivity index (χ2n) is 8.70. The molecule has 1 aromatic carbocycles. The molecule has 2 fully saturated rings. The number of sulfonamides is 1. The van der Waals surface area contributed by atoms with Gasteiger partial charge in [-0.05, 0) is 49.1 Å². The average Bonchev–Trinajstić information content (AvgIpc) is 3.44. The van der Waals surface area contributed by atoms with Crippen molar-refractivity contribution in [1.82, 2.24) is 10.1 Å². The Morgan fingerprint density at radius 1 is 1.28 bits per heavy atom. The maximum absolute atomic E-state index is 13.0. The Morgan fingerprint density at radius 3 is 2.81 bits per heavy atom. The number of aromatic nitrogens is 2. The maximum Gasteiger partial charge on any atom is 0.284 e. The first-order chi connectivity index (χ1) is 15.4. The standard InChI is InChI=1S/C22H22N4O5S/c1-30-18-3-2-8-23-21(18)32(28,29)25-20-16-10-22(6-7-22)17-5-4-13(26-11-14(27)12-26)9-15(17)19(16)31-24-20/h2-5,8-9,14,27H,6-7,10-12H2,1H3,(H,24,25). The lowest BCUT2D eigenvalue weighted by Gasteiger charge is -2.38. The number of hydrogen-bond donors (Lipinski definition) is 2. The number of anilines is 2. The number of hydrogen-bond acceptors (Lipinski definition) is 8. The molecule has 166 valence electrons. The number of aliphatic hydroxyl groups excluding tert-OH is 1. The van der Waals surface area contributed by atoms with Gasteiger partial charge in [0.2, 0.25) is 5.03 Å². The fourth-order valence-corrected chi connectivity index (χ4v) is 5.88. The lowest BCUT2D eigenvalue weighted by Crippen LogP contribution is -2.50. The molecule has 10 heteroatoms.